The number of para-hydroxylation sites is 1. The molecule has 0 bridgehead atoms. The van der Waals surface area contributed by atoms with Gasteiger partial charge in [-0.2, -0.15) is 0 Å². The number of fused-ring (bicyclic) bond motifs is 1. The molecule has 0 aliphatic heterocycles. The number of aromatic nitrogens is 3. The fourth-order valence-corrected chi connectivity index (χ4v) is 2.96. The molecule has 0 unspecified atom stereocenters. The second-order valence-electron chi connectivity index (χ2n) is 6.37. The minimum atomic E-state index is -0.320. The molecule has 0 fully saturated rings. The Morgan fingerprint density at radius 1 is 1.00 bits per heavy atom. The molecule has 2 aromatic heterocycles. The number of ether oxygens (including phenoxy) is 1. The molecule has 0 aliphatic carbocycles. The maximum absolute atomic E-state index is 12.7. The van der Waals surface area contributed by atoms with Gasteiger partial charge in [-0.1, -0.05) is 18.2 Å². The maximum Gasteiger partial charge on any atom is 0.274 e. The van der Waals surface area contributed by atoms with E-state index in [0.29, 0.717) is 17.3 Å². The topological polar surface area (TPSA) is 89.0 Å². The number of benzene rings is 2. The van der Waals surface area contributed by atoms with Crippen LogP contribution < -0.4 is 15.4 Å². The van der Waals surface area contributed by atoms with Crippen LogP contribution in [0.2, 0.25) is 0 Å². The number of rotatable bonds is 5. The molecule has 29 heavy (non-hydrogen) atoms. The van der Waals surface area contributed by atoms with Gasteiger partial charge in [-0.3, -0.25) is 9.78 Å². The molecule has 7 heteroatoms. The molecule has 2 N–H and O–H groups in total. The Balaban J connectivity index is 1.59. The quantitative estimate of drug-likeness (QED) is 0.531. The number of carbonyl (C=O) groups excluding carboxylic acids is 1. The highest BCUT2D eigenvalue weighted by molar-refractivity contribution is 6.03. The molecule has 1 amide bonds. The molecule has 4 aromatic rings. The monoisotopic (exact) mass is 385 g/mol. The summed E-state index contributed by atoms with van der Waals surface area (Å²) < 4.78 is 5.13. The largest absolute Gasteiger partial charge is 0.497 e. The Labute approximate surface area is 167 Å². The number of amides is 1. The number of methoxy groups -OCH3 is 1. The number of hydrogen-bond acceptors (Lipinski definition) is 6. The summed E-state index contributed by atoms with van der Waals surface area (Å²) in [5.41, 5.74) is 2.56. The minimum Gasteiger partial charge on any atom is -0.497 e. The first-order valence-corrected chi connectivity index (χ1v) is 9.04. The van der Waals surface area contributed by atoms with Crippen molar-refractivity contribution in [3.05, 3.63) is 78.4 Å². The standard InChI is InChI=1S/C22H19N5O2/c1-14-24-19(22(28)26-16-8-10-17(29-2)11-9-16)13-20(25-14)27-18-7-3-5-15-6-4-12-23-21(15)18/h3-13H,1-2H3,(H,26,28)(H,24,25,27). The predicted octanol–water partition coefficient (Wildman–Crippen LogP) is 4.34. The van der Waals surface area contributed by atoms with Crippen LogP contribution in [0.1, 0.15) is 16.3 Å². The van der Waals surface area contributed by atoms with Gasteiger partial charge in [-0.15, -0.1) is 0 Å². The van der Waals surface area contributed by atoms with E-state index >= 15 is 0 Å². The number of nitrogens with one attached hydrogen (secondary N) is 2. The Morgan fingerprint density at radius 3 is 2.59 bits per heavy atom. The van der Waals surface area contributed by atoms with Crippen molar-refractivity contribution in [2.45, 2.75) is 6.92 Å². The number of pyridine rings is 1. The summed E-state index contributed by atoms with van der Waals surface area (Å²) in [6.45, 7) is 1.75. The summed E-state index contributed by atoms with van der Waals surface area (Å²) in [7, 11) is 1.59. The first-order chi connectivity index (χ1) is 14.1. The lowest BCUT2D eigenvalue weighted by atomic mass is 10.2. The van der Waals surface area contributed by atoms with E-state index in [1.807, 2.05) is 30.3 Å². The first-order valence-electron chi connectivity index (χ1n) is 9.04. The summed E-state index contributed by atoms with van der Waals surface area (Å²) >= 11 is 0. The van der Waals surface area contributed by atoms with Gasteiger partial charge in [0, 0.05) is 23.3 Å². The summed E-state index contributed by atoms with van der Waals surface area (Å²) in [6, 6.07) is 18.5. The van der Waals surface area contributed by atoms with Crippen LogP contribution in [0.3, 0.4) is 0 Å². The number of aryl methyl sites for hydroxylation is 1. The molecule has 2 aromatic carbocycles. The van der Waals surface area contributed by atoms with E-state index in [-0.39, 0.29) is 11.6 Å². The van der Waals surface area contributed by atoms with E-state index in [1.54, 1.807) is 50.6 Å². The Bertz CT molecular complexity index is 1170. The molecule has 7 nitrogen and oxygen atoms in total. The molecule has 0 saturated carbocycles. The third kappa shape index (κ3) is 4.14. The van der Waals surface area contributed by atoms with Crippen LogP contribution in [-0.2, 0) is 0 Å². The van der Waals surface area contributed by atoms with Gasteiger partial charge in [0.25, 0.3) is 5.91 Å². The van der Waals surface area contributed by atoms with Crippen molar-refractivity contribution in [2.75, 3.05) is 17.7 Å². The summed E-state index contributed by atoms with van der Waals surface area (Å²) in [4.78, 5) is 25.8. The van der Waals surface area contributed by atoms with Gasteiger partial charge in [-0.05, 0) is 43.3 Å². The Morgan fingerprint density at radius 2 is 1.79 bits per heavy atom. The van der Waals surface area contributed by atoms with Crippen molar-refractivity contribution >= 4 is 34.0 Å². The van der Waals surface area contributed by atoms with Crippen LogP contribution in [0.4, 0.5) is 17.2 Å². The predicted molar refractivity (Wildman–Crippen MR) is 113 cm³/mol. The molecule has 0 saturated heterocycles. The van der Waals surface area contributed by atoms with Crippen LogP contribution >= 0.6 is 0 Å². The second kappa shape index (κ2) is 7.93. The highest BCUT2D eigenvalue weighted by atomic mass is 16.5. The fraction of sp³-hybridized carbons (Fsp3) is 0.0909. The zero-order valence-corrected chi connectivity index (χ0v) is 16.0. The second-order valence-corrected chi connectivity index (χ2v) is 6.37. The average Bonchev–Trinajstić information content (AvgIpc) is 2.74. The SMILES string of the molecule is COc1ccc(NC(=O)c2cc(Nc3cccc4cccnc34)nc(C)n2)cc1. The normalized spacial score (nSPS) is 10.6. The van der Waals surface area contributed by atoms with Gasteiger partial charge in [0.1, 0.15) is 23.1 Å². The molecule has 0 spiro atoms. The van der Waals surface area contributed by atoms with Gasteiger partial charge >= 0.3 is 0 Å². The molecular weight excluding hydrogens is 366 g/mol. The molecule has 4 rings (SSSR count). The molecule has 0 radical (unpaired) electrons. The highest BCUT2D eigenvalue weighted by Crippen LogP contribution is 2.24. The van der Waals surface area contributed by atoms with Crippen LogP contribution in [0.25, 0.3) is 10.9 Å². The van der Waals surface area contributed by atoms with E-state index in [4.69, 9.17) is 4.74 Å². The summed E-state index contributed by atoms with van der Waals surface area (Å²) in [5, 5.41) is 7.10. The van der Waals surface area contributed by atoms with Crippen LogP contribution in [0.5, 0.6) is 5.75 Å². The van der Waals surface area contributed by atoms with E-state index in [2.05, 4.69) is 25.6 Å². The lowest BCUT2D eigenvalue weighted by Crippen LogP contribution is -2.15. The lowest BCUT2D eigenvalue weighted by Gasteiger charge is -2.11. The molecule has 0 aliphatic rings. The van der Waals surface area contributed by atoms with Gasteiger partial charge in [0.15, 0.2) is 0 Å². The van der Waals surface area contributed by atoms with Crippen LogP contribution in [-0.4, -0.2) is 28.0 Å². The maximum atomic E-state index is 12.7. The number of nitrogens with zero attached hydrogens (tertiary/aromatic N) is 3. The Kier molecular flexibility index (Phi) is 5.03. The molecular formula is C22H19N5O2. The summed E-state index contributed by atoms with van der Waals surface area (Å²) in [5.74, 6) is 1.41. The smallest absolute Gasteiger partial charge is 0.274 e. The van der Waals surface area contributed by atoms with Gasteiger partial charge < -0.3 is 15.4 Å². The number of carbonyl (C=O) groups is 1. The third-order valence-electron chi connectivity index (χ3n) is 4.31. The average molecular weight is 385 g/mol. The van der Waals surface area contributed by atoms with E-state index in [1.165, 1.54) is 0 Å². The van der Waals surface area contributed by atoms with Gasteiger partial charge in [0.2, 0.25) is 0 Å². The van der Waals surface area contributed by atoms with Crippen molar-refractivity contribution in [3.63, 3.8) is 0 Å². The zero-order valence-electron chi connectivity index (χ0n) is 16.0. The van der Waals surface area contributed by atoms with Gasteiger partial charge in [-0.25, -0.2) is 9.97 Å². The number of hydrogen-bond donors (Lipinski definition) is 2. The molecule has 0 atom stereocenters. The van der Waals surface area contributed by atoms with Crippen molar-refractivity contribution in [2.24, 2.45) is 0 Å². The summed E-state index contributed by atoms with van der Waals surface area (Å²) in [6.07, 6.45) is 1.74. The van der Waals surface area contributed by atoms with Gasteiger partial charge in [0.05, 0.1) is 18.3 Å². The van der Waals surface area contributed by atoms with Crippen molar-refractivity contribution in [1.29, 1.82) is 0 Å². The van der Waals surface area contributed by atoms with Crippen LogP contribution in [0.15, 0.2) is 66.9 Å². The fourth-order valence-electron chi connectivity index (χ4n) is 2.96. The van der Waals surface area contributed by atoms with Crippen LogP contribution in [0, 0.1) is 6.92 Å². The Hall–Kier alpha value is -4.00. The minimum absolute atomic E-state index is 0.268. The van der Waals surface area contributed by atoms with Crippen molar-refractivity contribution < 1.29 is 9.53 Å². The van der Waals surface area contributed by atoms with E-state index < -0.39 is 0 Å². The van der Waals surface area contributed by atoms with Crippen molar-refractivity contribution in [1.82, 2.24) is 15.0 Å². The highest BCUT2D eigenvalue weighted by Gasteiger charge is 2.12. The van der Waals surface area contributed by atoms with Crippen molar-refractivity contribution in [3.8, 4) is 5.75 Å². The van der Waals surface area contributed by atoms with E-state index in [9.17, 15) is 4.79 Å². The first kappa shape index (κ1) is 18.4. The lowest BCUT2D eigenvalue weighted by molar-refractivity contribution is 0.102. The van der Waals surface area contributed by atoms with E-state index in [0.717, 1.165) is 22.3 Å². The molecule has 2 heterocycles. The molecule has 144 valence electrons. The third-order valence-corrected chi connectivity index (χ3v) is 4.31. The number of anilines is 3. The zero-order chi connectivity index (χ0) is 20.2.